The number of aliphatic hydroxyl groups is 1. The minimum absolute atomic E-state index is 0.163. The smallest absolute Gasteiger partial charge is 0.126 e. The molecule has 0 amide bonds. The summed E-state index contributed by atoms with van der Waals surface area (Å²) >= 11 is 0. The molecule has 0 atom stereocenters. The van der Waals surface area contributed by atoms with Gasteiger partial charge in [0.25, 0.3) is 0 Å². The van der Waals surface area contributed by atoms with Crippen LogP contribution in [0.2, 0.25) is 0 Å². The highest BCUT2D eigenvalue weighted by molar-refractivity contribution is 5.80. The van der Waals surface area contributed by atoms with Crippen LogP contribution in [-0.4, -0.2) is 23.2 Å². The van der Waals surface area contributed by atoms with Crippen molar-refractivity contribution >= 4 is 16.7 Å². The third kappa shape index (κ3) is 3.93. The number of fused-ring (bicyclic) bond motifs is 1. The van der Waals surface area contributed by atoms with Crippen LogP contribution in [0.1, 0.15) is 26.7 Å². The second-order valence-electron chi connectivity index (χ2n) is 5.73. The van der Waals surface area contributed by atoms with E-state index in [1.54, 1.807) is 0 Å². The van der Waals surface area contributed by atoms with Crippen LogP contribution in [0.15, 0.2) is 36.4 Å². The Morgan fingerprint density at radius 3 is 2.74 bits per heavy atom. The fraction of sp³-hybridized carbons (Fsp3) is 0.438. The molecule has 0 aliphatic heterocycles. The number of aromatic nitrogens is 1. The molecule has 3 nitrogen and oxygen atoms in total. The molecule has 2 aromatic rings. The first-order chi connectivity index (χ1) is 9.11. The van der Waals surface area contributed by atoms with Crippen LogP contribution in [0.4, 0.5) is 5.82 Å². The van der Waals surface area contributed by atoms with Gasteiger partial charge in [0.1, 0.15) is 5.82 Å². The third-order valence-corrected chi connectivity index (χ3v) is 3.36. The van der Waals surface area contributed by atoms with E-state index in [4.69, 9.17) is 5.11 Å². The number of hydrogen-bond donors (Lipinski definition) is 2. The molecule has 0 fully saturated rings. The molecule has 1 aromatic heterocycles. The van der Waals surface area contributed by atoms with Crippen molar-refractivity contribution in [2.75, 3.05) is 18.5 Å². The van der Waals surface area contributed by atoms with Crippen LogP contribution in [0.3, 0.4) is 0 Å². The van der Waals surface area contributed by atoms with Crippen molar-refractivity contribution in [1.82, 2.24) is 4.98 Å². The first-order valence-electron chi connectivity index (χ1n) is 6.81. The van der Waals surface area contributed by atoms with Gasteiger partial charge in [-0.15, -0.1) is 0 Å². The normalized spacial score (nSPS) is 11.7. The van der Waals surface area contributed by atoms with Gasteiger partial charge in [0.05, 0.1) is 5.52 Å². The molecular weight excluding hydrogens is 236 g/mol. The Kier molecular flexibility index (Phi) is 4.38. The summed E-state index contributed by atoms with van der Waals surface area (Å²) in [5, 5.41) is 13.5. The lowest BCUT2D eigenvalue weighted by atomic mass is 9.88. The zero-order valence-electron chi connectivity index (χ0n) is 11.7. The molecule has 0 saturated heterocycles. The Hall–Kier alpha value is -1.61. The maximum atomic E-state index is 8.90. The van der Waals surface area contributed by atoms with Gasteiger partial charge in [-0.05, 0) is 36.5 Å². The number of rotatable bonds is 6. The van der Waals surface area contributed by atoms with Gasteiger partial charge in [-0.2, -0.15) is 0 Å². The van der Waals surface area contributed by atoms with Crippen molar-refractivity contribution in [3.63, 3.8) is 0 Å². The Labute approximate surface area is 114 Å². The highest BCUT2D eigenvalue weighted by Gasteiger charge is 2.17. The highest BCUT2D eigenvalue weighted by Crippen LogP contribution is 2.23. The minimum Gasteiger partial charge on any atom is -0.396 e. The maximum absolute atomic E-state index is 8.90. The fourth-order valence-corrected chi connectivity index (χ4v) is 2.14. The summed E-state index contributed by atoms with van der Waals surface area (Å²) in [6.45, 7) is 5.53. The van der Waals surface area contributed by atoms with Crippen LogP contribution in [-0.2, 0) is 0 Å². The number of pyridine rings is 1. The summed E-state index contributed by atoms with van der Waals surface area (Å²) in [5.41, 5.74) is 1.18. The van der Waals surface area contributed by atoms with E-state index < -0.39 is 0 Å². The molecule has 3 heteroatoms. The van der Waals surface area contributed by atoms with Crippen molar-refractivity contribution in [3.8, 4) is 0 Å². The lowest BCUT2D eigenvalue weighted by Gasteiger charge is -2.25. The Bertz CT molecular complexity index is 537. The molecule has 1 heterocycles. The van der Waals surface area contributed by atoms with Gasteiger partial charge in [0.15, 0.2) is 0 Å². The summed E-state index contributed by atoms with van der Waals surface area (Å²) in [6.07, 6.45) is 1.85. The van der Waals surface area contributed by atoms with Crippen LogP contribution in [0, 0.1) is 5.41 Å². The van der Waals surface area contributed by atoms with Crippen LogP contribution < -0.4 is 5.32 Å². The van der Waals surface area contributed by atoms with Crippen molar-refractivity contribution in [1.29, 1.82) is 0 Å². The highest BCUT2D eigenvalue weighted by atomic mass is 16.2. The Balaban J connectivity index is 2.01. The molecule has 0 spiro atoms. The van der Waals surface area contributed by atoms with E-state index in [9.17, 15) is 0 Å². The van der Waals surface area contributed by atoms with E-state index in [2.05, 4.69) is 36.3 Å². The second-order valence-corrected chi connectivity index (χ2v) is 5.73. The fourth-order valence-electron chi connectivity index (χ4n) is 2.14. The second kappa shape index (κ2) is 6.02. The molecule has 1 aromatic carbocycles. The van der Waals surface area contributed by atoms with Crippen molar-refractivity contribution < 1.29 is 5.11 Å². The summed E-state index contributed by atoms with van der Waals surface area (Å²) < 4.78 is 0. The van der Waals surface area contributed by atoms with Gasteiger partial charge in [0.2, 0.25) is 0 Å². The molecule has 19 heavy (non-hydrogen) atoms. The van der Waals surface area contributed by atoms with Gasteiger partial charge < -0.3 is 10.4 Å². The van der Waals surface area contributed by atoms with E-state index in [0.29, 0.717) is 0 Å². The number of anilines is 1. The number of aliphatic hydroxyl groups excluding tert-OH is 1. The summed E-state index contributed by atoms with van der Waals surface area (Å²) in [6, 6.07) is 12.2. The molecule has 0 aliphatic carbocycles. The SMILES string of the molecule is CC(C)(CCCO)CNc1ccc2ccccc2n1. The number of para-hydroxylation sites is 1. The first kappa shape index (κ1) is 13.8. The average molecular weight is 258 g/mol. The van der Waals surface area contributed by atoms with Gasteiger partial charge in [0, 0.05) is 18.5 Å². The zero-order valence-corrected chi connectivity index (χ0v) is 11.7. The number of benzene rings is 1. The average Bonchev–Trinajstić information content (AvgIpc) is 2.43. The van der Waals surface area contributed by atoms with Gasteiger partial charge in [-0.25, -0.2) is 4.98 Å². The molecule has 2 N–H and O–H groups in total. The molecular formula is C16H22N2O. The van der Waals surface area contributed by atoms with Crippen molar-refractivity contribution in [2.45, 2.75) is 26.7 Å². The Morgan fingerprint density at radius 1 is 1.16 bits per heavy atom. The molecule has 0 radical (unpaired) electrons. The van der Waals surface area contributed by atoms with Crippen LogP contribution in [0.5, 0.6) is 0 Å². The molecule has 2 rings (SSSR count). The monoisotopic (exact) mass is 258 g/mol. The van der Waals surface area contributed by atoms with E-state index in [1.807, 2.05) is 24.3 Å². The van der Waals surface area contributed by atoms with E-state index in [0.717, 1.165) is 36.1 Å². The predicted molar refractivity (Wildman–Crippen MR) is 80.3 cm³/mol. The molecule has 0 aliphatic rings. The molecule has 0 saturated carbocycles. The van der Waals surface area contributed by atoms with Gasteiger partial charge in [-0.3, -0.25) is 0 Å². The van der Waals surface area contributed by atoms with Crippen LogP contribution in [0.25, 0.3) is 10.9 Å². The van der Waals surface area contributed by atoms with Crippen molar-refractivity contribution in [2.24, 2.45) is 5.41 Å². The van der Waals surface area contributed by atoms with Crippen molar-refractivity contribution in [3.05, 3.63) is 36.4 Å². The molecule has 0 bridgehead atoms. The predicted octanol–water partition coefficient (Wildman–Crippen LogP) is 3.45. The summed E-state index contributed by atoms with van der Waals surface area (Å²) in [7, 11) is 0. The lowest BCUT2D eigenvalue weighted by Crippen LogP contribution is -2.23. The largest absolute Gasteiger partial charge is 0.396 e. The Morgan fingerprint density at radius 2 is 1.95 bits per heavy atom. The first-order valence-corrected chi connectivity index (χ1v) is 6.81. The molecule has 102 valence electrons. The van der Waals surface area contributed by atoms with E-state index in [1.165, 1.54) is 0 Å². The zero-order chi connectivity index (χ0) is 13.7. The summed E-state index contributed by atoms with van der Waals surface area (Å²) in [5.74, 6) is 0.913. The van der Waals surface area contributed by atoms with Crippen LogP contribution >= 0.6 is 0 Å². The quantitative estimate of drug-likeness (QED) is 0.834. The number of nitrogens with zero attached hydrogens (tertiary/aromatic N) is 1. The topological polar surface area (TPSA) is 45.1 Å². The summed E-state index contributed by atoms with van der Waals surface area (Å²) in [4.78, 5) is 4.60. The van der Waals surface area contributed by atoms with Gasteiger partial charge in [-0.1, -0.05) is 32.0 Å². The maximum Gasteiger partial charge on any atom is 0.126 e. The van der Waals surface area contributed by atoms with E-state index in [-0.39, 0.29) is 12.0 Å². The standard InChI is InChI=1S/C16H22N2O/c1-16(2,10-5-11-19)12-17-15-9-8-13-6-3-4-7-14(13)18-15/h3-4,6-9,19H,5,10-12H2,1-2H3,(H,17,18). The number of hydrogen-bond acceptors (Lipinski definition) is 3. The minimum atomic E-state index is 0.163. The third-order valence-electron chi connectivity index (χ3n) is 3.36. The lowest BCUT2D eigenvalue weighted by molar-refractivity contribution is 0.248. The number of nitrogens with one attached hydrogen (secondary N) is 1. The van der Waals surface area contributed by atoms with Gasteiger partial charge >= 0.3 is 0 Å². The molecule has 0 unspecified atom stereocenters. The van der Waals surface area contributed by atoms with E-state index >= 15 is 0 Å².